The highest BCUT2D eigenvalue weighted by Gasteiger charge is 2.27. The normalized spacial score (nSPS) is 20.0. The van der Waals surface area contributed by atoms with Crippen LogP contribution in [0.5, 0.6) is 0 Å². The standard InChI is InChI=1S/C13H15BrFN3O2/c14-11-6-9(15)3-4-10(11)13(19)18-5-1-2-8(7-18)12(16)17-20/h3-4,6,8,20H,1-2,5,7H2,(H2,16,17). The highest BCUT2D eigenvalue weighted by atomic mass is 79.9. The number of amidine groups is 1. The zero-order chi connectivity index (χ0) is 14.7. The van der Waals surface area contributed by atoms with Crippen molar-refractivity contribution in [2.75, 3.05) is 13.1 Å². The number of hydrogen-bond acceptors (Lipinski definition) is 3. The Labute approximate surface area is 124 Å². The van der Waals surface area contributed by atoms with Gasteiger partial charge < -0.3 is 15.8 Å². The number of hydrogen-bond donors (Lipinski definition) is 2. The first-order chi connectivity index (χ1) is 9.52. The van der Waals surface area contributed by atoms with Gasteiger partial charge in [-0.15, -0.1) is 0 Å². The zero-order valence-corrected chi connectivity index (χ0v) is 12.3. The van der Waals surface area contributed by atoms with Gasteiger partial charge in [0.25, 0.3) is 5.91 Å². The van der Waals surface area contributed by atoms with Gasteiger partial charge in [0.15, 0.2) is 0 Å². The summed E-state index contributed by atoms with van der Waals surface area (Å²) in [5, 5.41) is 11.7. The van der Waals surface area contributed by atoms with Crippen LogP contribution >= 0.6 is 15.9 Å². The number of rotatable bonds is 2. The van der Waals surface area contributed by atoms with Gasteiger partial charge in [-0.05, 0) is 47.0 Å². The lowest BCUT2D eigenvalue weighted by Crippen LogP contribution is -2.44. The topological polar surface area (TPSA) is 78.9 Å². The molecule has 5 nitrogen and oxygen atoms in total. The Hall–Kier alpha value is -1.63. The number of likely N-dealkylation sites (tertiary alicyclic amines) is 1. The van der Waals surface area contributed by atoms with Crippen molar-refractivity contribution in [3.8, 4) is 0 Å². The number of halogens is 2. The molecule has 7 heteroatoms. The molecule has 1 aromatic carbocycles. The first kappa shape index (κ1) is 14.8. The number of piperidine rings is 1. The molecule has 1 fully saturated rings. The second-order valence-corrected chi connectivity index (χ2v) is 5.59. The Bertz CT molecular complexity index is 550. The quantitative estimate of drug-likeness (QED) is 0.374. The van der Waals surface area contributed by atoms with Gasteiger partial charge in [0.2, 0.25) is 0 Å². The van der Waals surface area contributed by atoms with E-state index in [4.69, 9.17) is 10.9 Å². The molecule has 1 amide bonds. The van der Waals surface area contributed by atoms with Crippen LogP contribution in [0.25, 0.3) is 0 Å². The first-order valence-corrected chi connectivity index (χ1v) is 7.04. The van der Waals surface area contributed by atoms with E-state index in [1.54, 1.807) is 4.90 Å². The van der Waals surface area contributed by atoms with Crippen molar-refractivity contribution < 1.29 is 14.4 Å². The van der Waals surface area contributed by atoms with E-state index in [2.05, 4.69) is 21.1 Å². The van der Waals surface area contributed by atoms with Crippen molar-refractivity contribution in [2.45, 2.75) is 12.8 Å². The molecule has 0 aliphatic carbocycles. The third-order valence-electron chi connectivity index (χ3n) is 3.40. The van der Waals surface area contributed by atoms with Gasteiger partial charge >= 0.3 is 0 Å². The molecule has 1 aromatic rings. The molecule has 1 saturated heterocycles. The van der Waals surface area contributed by atoms with E-state index in [9.17, 15) is 9.18 Å². The lowest BCUT2D eigenvalue weighted by atomic mass is 9.96. The van der Waals surface area contributed by atoms with Gasteiger partial charge in [0, 0.05) is 23.5 Å². The average Bonchev–Trinajstić information content (AvgIpc) is 2.46. The number of carbonyl (C=O) groups excluding carboxylic acids is 1. The fourth-order valence-corrected chi connectivity index (χ4v) is 2.84. The SMILES string of the molecule is NC(=NO)C1CCCN(C(=O)c2ccc(F)cc2Br)C1. The summed E-state index contributed by atoms with van der Waals surface area (Å²) in [5.41, 5.74) is 6.01. The average molecular weight is 344 g/mol. The lowest BCUT2D eigenvalue weighted by molar-refractivity contribution is 0.0700. The zero-order valence-electron chi connectivity index (χ0n) is 10.7. The molecule has 2 rings (SSSR count). The van der Waals surface area contributed by atoms with Crippen LogP contribution in [0.2, 0.25) is 0 Å². The van der Waals surface area contributed by atoms with Gasteiger partial charge in [-0.1, -0.05) is 5.16 Å². The maximum Gasteiger partial charge on any atom is 0.255 e. The summed E-state index contributed by atoms with van der Waals surface area (Å²) >= 11 is 3.20. The maximum absolute atomic E-state index is 13.1. The van der Waals surface area contributed by atoms with Crippen molar-refractivity contribution in [3.63, 3.8) is 0 Å². The van der Waals surface area contributed by atoms with Crippen LogP contribution in [0, 0.1) is 11.7 Å². The minimum Gasteiger partial charge on any atom is -0.409 e. The van der Waals surface area contributed by atoms with Crippen LogP contribution in [0.15, 0.2) is 27.8 Å². The van der Waals surface area contributed by atoms with Crippen molar-refractivity contribution in [3.05, 3.63) is 34.1 Å². The number of nitrogens with zero attached hydrogens (tertiary/aromatic N) is 2. The Balaban J connectivity index is 2.16. The van der Waals surface area contributed by atoms with E-state index in [1.165, 1.54) is 18.2 Å². The van der Waals surface area contributed by atoms with Gasteiger partial charge in [-0.3, -0.25) is 4.79 Å². The fourth-order valence-electron chi connectivity index (χ4n) is 2.32. The minimum atomic E-state index is -0.401. The second-order valence-electron chi connectivity index (χ2n) is 4.74. The summed E-state index contributed by atoms with van der Waals surface area (Å²) in [7, 11) is 0. The third kappa shape index (κ3) is 3.09. The Morgan fingerprint density at radius 1 is 1.55 bits per heavy atom. The third-order valence-corrected chi connectivity index (χ3v) is 4.06. The van der Waals surface area contributed by atoms with E-state index in [0.29, 0.717) is 23.1 Å². The van der Waals surface area contributed by atoms with Crippen LogP contribution in [-0.4, -0.2) is 34.9 Å². The lowest BCUT2D eigenvalue weighted by Gasteiger charge is -2.32. The van der Waals surface area contributed by atoms with Crippen LogP contribution in [0.3, 0.4) is 0 Å². The summed E-state index contributed by atoms with van der Waals surface area (Å²) in [6.45, 7) is 1.01. The van der Waals surface area contributed by atoms with Gasteiger partial charge in [-0.25, -0.2) is 4.39 Å². The highest BCUT2D eigenvalue weighted by Crippen LogP contribution is 2.23. The Morgan fingerprint density at radius 2 is 2.30 bits per heavy atom. The molecule has 1 heterocycles. The summed E-state index contributed by atoms with van der Waals surface area (Å²) < 4.78 is 13.5. The molecule has 3 N–H and O–H groups in total. The van der Waals surface area contributed by atoms with Crippen molar-refractivity contribution >= 4 is 27.7 Å². The molecule has 1 aliphatic heterocycles. The molecule has 1 atom stereocenters. The van der Waals surface area contributed by atoms with E-state index in [1.807, 2.05) is 0 Å². The number of amides is 1. The van der Waals surface area contributed by atoms with Crippen LogP contribution < -0.4 is 5.73 Å². The number of carbonyl (C=O) groups is 1. The number of oxime groups is 1. The van der Waals surface area contributed by atoms with Gasteiger partial charge in [0.05, 0.1) is 5.56 Å². The second kappa shape index (κ2) is 6.21. The molecule has 108 valence electrons. The van der Waals surface area contributed by atoms with E-state index < -0.39 is 5.82 Å². The molecule has 0 spiro atoms. The van der Waals surface area contributed by atoms with E-state index >= 15 is 0 Å². The van der Waals surface area contributed by atoms with Crippen molar-refractivity contribution in [1.29, 1.82) is 0 Å². The number of benzene rings is 1. The van der Waals surface area contributed by atoms with E-state index in [-0.39, 0.29) is 17.7 Å². The minimum absolute atomic E-state index is 0.140. The molecular formula is C13H15BrFN3O2. The van der Waals surface area contributed by atoms with Crippen LogP contribution in [0.4, 0.5) is 4.39 Å². The molecule has 0 saturated carbocycles. The molecule has 0 radical (unpaired) electrons. The predicted molar refractivity (Wildman–Crippen MR) is 76.1 cm³/mol. The van der Waals surface area contributed by atoms with Crippen molar-refractivity contribution in [1.82, 2.24) is 4.90 Å². The van der Waals surface area contributed by atoms with Gasteiger partial charge in [0.1, 0.15) is 11.7 Å². The fraction of sp³-hybridized carbons (Fsp3) is 0.385. The largest absolute Gasteiger partial charge is 0.409 e. The smallest absolute Gasteiger partial charge is 0.255 e. The van der Waals surface area contributed by atoms with Crippen LogP contribution in [0.1, 0.15) is 23.2 Å². The molecule has 1 unspecified atom stereocenters. The maximum atomic E-state index is 13.1. The monoisotopic (exact) mass is 343 g/mol. The van der Waals surface area contributed by atoms with Gasteiger partial charge in [-0.2, -0.15) is 0 Å². The molecule has 0 bridgehead atoms. The molecular weight excluding hydrogens is 329 g/mol. The molecule has 0 aromatic heterocycles. The summed E-state index contributed by atoms with van der Waals surface area (Å²) in [5.74, 6) is -0.591. The Kier molecular flexibility index (Phi) is 4.59. The molecule has 1 aliphatic rings. The number of nitrogens with two attached hydrogens (primary N) is 1. The summed E-state index contributed by atoms with van der Waals surface area (Å²) in [4.78, 5) is 14.1. The van der Waals surface area contributed by atoms with E-state index in [0.717, 1.165) is 12.8 Å². The predicted octanol–water partition coefficient (Wildman–Crippen LogP) is 2.19. The highest BCUT2D eigenvalue weighted by molar-refractivity contribution is 9.10. The summed E-state index contributed by atoms with van der Waals surface area (Å²) in [6, 6.07) is 3.97. The first-order valence-electron chi connectivity index (χ1n) is 6.24. The summed E-state index contributed by atoms with van der Waals surface area (Å²) in [6.07, 6.45) is 1.57. The Morgan fingerprint density at radius 3 is 2.95 bits per heavy atom. The van der Waals surface area contributed by atoms with Crippen LogP contribution in [-0.2, 0) is 0 Å². The van der Waals surface area contributed by atoms with Crippen molar-refractivity contribution in [2.24, 2.45) is 16.8 Å². The molecule has 20 heavy (non-hydrogen) atoms.